The third-order valence-corrected chi connectivity index (χ3v) is 5.46. The molecule has 6 heteroatoms. The smallest absolute Gasteiger partial charge is 0.239 e. The molecule has 2 aliphatic heterocycles. The Morgan fingerprint density at radius 1 is 1.58 bits per heavy atom. The number of likely N-dealkylation sites (N-methyl/N-ethyl adjacent to an activating group) is 1. The number of hydrogen-bond donors (Lipinski definition) is 2. The lowest BCUT2D eigenvalue weighted by Crippen LogP contribution is -2.59. The Balaban J connectivity index is 1.88. The van der Waals surface area contributed by atoms with E-state index in [9.17, 15) is 4.79 Å². The molecule has 2 fully saturated rings. The van der Waals surface area contributed by atoms with Crippen molar-refractivity contribution < 1.29 is 9.53 Å². The Labute approximate surface area is 119 Å². The summed E-state index contributed by atoms with van der Waals surface area (Å²) in [6.45, 7) is 4.10. The van der Waals surface area contributed by atoms with Gasteiger partial charge in [0.15, 0.2) is 0 Å². The van der Waals surface area contributed by atoms with Gasteiger partial charge in [-0.2, -0.15) is 11.8 Å². The molecule has 2 rings (SSSR count). The van der Waals surface area contributed by atoms with E-state index in [2.05, 4.69) is 29.6 Å². The predicted molar refractivity (Wildman–Crippen MR) is 78.6 cm³/mol. The van der Waals surface area contributed by atoms with Crippen LogP contribution in [0.3, 0.4) is 0 Å². The van der Waals surface area contributed by atoms with Gasteiger partial charge in [-0.25, -0.2) is 0 Å². The summed E-state index contributed by atoms with van der Waals surface area (Å²) in [5, 5.41) is 6.34. The highest BCUT2D eigenvalue weighted by Gasteiger charge is 2.38. The SMILES string of the molecule is C[C@H]1OCCN[C@@H]1C(=O)NCC1(N(C)C)CCSC1. The maximum Gasteiger partial charge on any atom is 0.239 e. The molecule has 1 amide bonds. The molecule has 5 nitrogen and oxygen atoms in total. The van der Waals surface area contributed by atoms with Crippen molar-refractivity contribution in [3.05, 3.63) is 0 Å². The molecule has 0 aromatic rings. The summed E-state index contributed by atoms with van der Waals surface area (Å²) in [6.07, 6.45) is 1.08. The molecule has 19 heavy (non-hydrogen) atoms. The van der Waals surface area contributed by atoms with Crippen molar-refractivity contribution in [3.8, 4) is 0 Å². The number of ether oxygens (including phenoxy) is 1. The highest BCUT2D eigenvalue weighted by atomic mass is 32.2. The second kappa shape index (κ2) is 6.43. The lowest BCUT2D eigenvalue weighted by molar-refractivity contribution is -0.129. The summed E-state index contributed by atoms with van der Waals surface area (Å²) >= 11 is 1.96. The van der Waals surface area contributed by atoms with E-state index in [4.69, 9.17) is 4.74 Å². The number of nitrogens with one attached hydrogen (secondary N) is 2. The standard InChI is InChI=1S/C13H25N3O2S/c1-10-11(14-5-6-18-10)12(17)15-8-13(16(2)3)4-7-19-9-13/h10-11,14H,4-9H2,1-3H3,(H,15,17)/t10-,11+,13?/m1/s1. The van der Waals surface area contributed by atoms with Gasteiger partial charge in [0.05, 0.1) is 12.7 Å². The van der Waals surface area contributed by atoms with Crippen LogP contribution in [0.2, 0.25) is 0 Å². The average molecular weight is 287 g/mol. The minimum Gasteiger partial charge on any atom is -0.375 e. The first-order valence-electron chi connectivity index (χ1n) is 6.93. The van der Waals surface area contributed by atoms with Crippen molar-refractivity contribution in [3.63, 3.8) is 0 Å². The number of hydrogen-bond acceptors (Lipinski definition) is 5. The largest absolute Gasteiger partial charge is 0.375 e. The fraction of sp³-hybridized carbons (Fsp3) is 0.923. The Hall–Kier alpha value is -0.300. The van der Waals surface area contributed by atoms with Crippen molar-refractivity contribution in [2.75, 3.05) is 45.3 Å². The van der Waals surface area contributed by atoms with Gasteiger partial charge < -0.3 is 20.3 Å². The maximum atomic E-state index is 12.3. The third-order valence-electron chi connectivity index (χ3n) is 4.22. The summed E-state index contributed by atoms with van der Waals surface area (Å²) in [7, 11) is 4.20. The number of nitrogens with zero attached hydrogens (tertiary/aromatic N) is 1. The second-order valence-corrected chi connectivity index (χ2v) is 6.75. The molecule has 0 aliphatic carbocycles. The lowest BCUT2D eigenvalue weighted by Gasteiger charge is -2.37. The molecular formula is C13H25N3O2S. The molecule has 3 atom stereocenters. The number of carbonyl (C=O) groups excluding carboxylic acids is 1. The molecule has 2 aliphatic rings. The fourth-order valence-corrected chi connectivity index (χ4v) is 4.19. The summed E-state index contributed by atoms with van der Waals surface area (Å²) in [4.78, 5) is 14.5. The molecule has 0 aromatic carbocycles. The van der Waals surface area contributed by atoms with E-state index < -0.39 is 0 Å². The summed E-state index contributed by atoms with van der Waals surface area (Å²) in [5.74, 6) is 2.32. The van der Waals surface area contributed by atoms with Gasteiger partial charge in [-0.3, -0.25) is 4.79 Å². The zero-order valence-corrected chi connectivity index (χ0v) is 12.9. The van der Waals surface area contributed by atoms with Crippen molar-refractivity contribution in [2.45, 2.75) is 31.0 Å². The quantitative estimate of drug-likeness (QED) is 0.757. The molecular weight excluding hydrogens is 262 g/mol. The molecule has 2 heterocycles. The van der Waals surface area contributed by atoms with E-state index >= 15 is 0 Å². The highest BCUT2D eigenvalue weighted by Crippen LogP contribution is 2.31. The Morgan fingerprint density at radius 2 is 2.37 bits per heavy atom. The number of morpholine rings is 1. The molecule has 110 valence electrons. The highest BCUT2D eigenvalue weighted by molar-refractivity contribution is 7.99. The van der Waals surface area contributed by atoms with Gasteiger partial charge in [-0.15, -0.1) is 0 Å². The van der Waals surface area contributed by atoms with E-state index in [0.29, 0.717) is 6.61 Å². The van der Waals surface area contributed by atoms with Crippen LogP contribution in [0.1, 0.15) is 13.3 Å². The fourth-order valence-electron chi connectivity index (χ4n) is 2.64. The van der Waals surface area contributed by atoms with Gasteiger partial charge in [0.1, 0.15) is 6.04 Å². The van der Waals surface area contributed by atoms with Gasteiger partial charge in [-0.05, 0) is 33.2 Å². The molecule has 0 saturated carbocycles. The molecule has 0 bridgehead atoms. The van der Waals surface area contributed by atoms with Crippen LogP contribution in [0.5, 0.6) is 0 Å². The van der Waals surface area contributed by atoms with Crippen LogP contribution in [-0.2, 0) is 9.53 Å². The zero-order valence-electron chi connectivity index (χ0n) is 12.1. The lowest BCUT2D eigenvalue weighted by atomic mass is 9.97. The molecule has 2 saturated heterocycles. The molecule has 0 aromatic heterocycles. The first-order chi connectivity index (χ1) is 9.05. The zero-order chi connectivity index (χ0) is 13.9. The van der Waals surface area contributed by atoms with Crippen LogP contribution in [0.25, 0.3) is 0 Å². The second-order valence-electron chi connectivity index (χ2n) is 5.65. The van der Waals surface area contributed by atoms with E-state index in [0.717, 1.165) is 25.3 Å². The first-order valence-corrected chi connectivity index (χ1v) is 8.08. The van der Waals surface area contributed by atoms with Gasteiger partial charge in [0, 0.05) is 24.4 Å². The summed E-state index contributed by atoms with van der Waals surface area (Å²) in [6, 6.07) is -0.220. The average Bonchev–Trinajstić information content (AvgIpc) is 2.86. The normalized spacial score (nSPS) is 35.6. The van der Waals surface area contributed by atoms with Gasteiger partial charge in [0.2, 0.25) is 5.91 Å². The first kappa shape index (κ1) is 15.1. The monoisotopic (exact) mass is 287 g/mol. The minimum absolute atomic E-state index is 0.0537. The Kier molecular flexibility index (Phi) is 5.11. The van der Waals surface area contributed by atoms with Crippen LogP contribution in [0, 0.1) is 0 Å². The van der Waals surface area contributed by atoms with Crippen LogP contribution in [0.15, 0.2) is 0 Å². The van der Waals surface area contributed by atoms with Crippen LogP contribution >= 0.6 is 11.8 Å². The van der Waals surface area contributed by atoms with Crippen molar-refractivity contribution in [2.24, 2.45) is 0 Å². The molecule has 1 unspecified atom stereocenters. The van der Waals surface area contributed by atoms with E-state index in [1.165, 1.54) is 5.75 Å². The summed E-state index contributed by atoms with van der Waals surface area (Å²) in [5.41, 5.74) is 0.110. The molecule has 2 N–H and O–H groups in total. The number of amides is 1. The maximum absolute atomic E-state index is 12.3. The third kappa shape index (κ3) is 3.42. The van der Waals surface area contributed by atoms with Crippen LogP contribution in [0.4, 0.5) is 0 Å². The molecule has 0 radical (unpaired) electrons. The Bertz CT molecular complexity index is 319. The van der Waals surface area contributed by atoms with Crippen LogP contribution in [-0.4, -0.2) is 73.8 Å². The number of carbonyl (C=O) groups is 1. The topological polar surface area (TPSA) is 53.6 Å². The number of rotatable bonds is 4. The minimum atomic E-state index is -0.220. The van der Waals surface area contributed by atoms with E-state index in [1.807, 2.05) is 18.7 Å². The van der Waals surface area contributed by atoms with Crippen LogP contribution < -0.4 is 10.6 Å². The molecule has 0 spiro atoms. The number of thioether (sulfide) groups is 1. The van der Waals surface area contributed by atoms with Gasteiger partial charge in [-0.1, -0.05) is 0 Å². The van der Waals surface area contributed by atoms with Crippen molar-refractivity contribution in [1.82, 2.24) is 15.5 Å². The van der Waals surface area contributed by atoms with Gasteiger partial charge in [0.25, 0.3) is 0 Å². The summed E-state index contributed by atoms with van der Waals surface area (Å²) < 4.78 is 5.52. The van der Waals surface area contributed by atoms with E-state index in [1.54, 1.807) is 0 Å². The van der Waals surface area contributed by atoms with Crippen molar-refractivity contribution in [1.29, 1.82) is 0 Å². The van der Waals surface area contributed by atoms with E-state index in [-0.39, 0.29) is 23.6 Å². The van der Waals surface area contributed by atoms with Crippen molar-refractivity contribution >= 4 is 17.7 Å². The predicted octanol–water partition coefficient (Wildman–Crippen LogP) is -0.0832. The Morgan fingerprint density at radius 3 is 2.95 bits per heavy atom. The van der Waals surface area contributed by atoms with Gasteiger partial charge >= 0.3 is 0 Å².